The first kappa shape index (κ1) is 27.0. The number of nitrogens with zero attached hydrogens (tertiary/aromatic N) is 3. The summed E-state index contributed by atoms with van der Waals surface area (Å²) in [5.74, 6) is 0.285. The number of rotatable bonds is 6. The van der Waals surface area contributed by atoms with Gasteiger partial charge in [-0.25, -0.2) is 14.8 Å². The van der Waals surface area contributed by atoms with Gasteiger partial charge < -0.3 is 14.8 Å². The van der Waals surface area contributed by atoms with Gasteiger partial charge in [0.15, 0.2) is 6.61 Å². The van der Waals surface area contributed by atoms with Gasteiger partial charge in [0.2, 0.25) is 5.88 Å². The minimum absolute atomic E-state index is 0.0773. The van der Waals surface area contributed by atoms with Crippen molar-refractivity contribution < 1.29 is 19.1 Å². The summed E-state index contributed by atoms with van der Waals surface area (Å²) in [6.07, 6.45) is 2.34. The van der Waals surface area contributed by atoms with E-state index in [0.717, 1.165) is 52.9 Å². The van der Waals surface area contributed by atoms with Crippen LogP contribution in [0.1, 0.15) is 51.3 Å². The number of thiazole rings is 1. The predicted octanol–water partition coefficient (Wildman–Crippen LogP) is 6.70. The van der Waals surface area contributed by atoms with Crippen LogP contribution in [0.5, 0.6) is 5.88 Å². The van der Waals surface area contributed by atoms with E-state index < -0.39 is 17.2 Å². The largest absolute Gasteiger partial charge is 0.466 e. The van der Waals surface area contributed by atoms with Crippen molar-refractivity contribution in [2.24, 2.45) is 0 Å². The van der Waals surface area contributed by atoms with Crippen LogP contribution in [0.4, 0.5) is 10.5 Å². The highest BCUT2D eigenvalue weighted by molar-refractivity contribution is 7.07. The number of aromatic nitrogens is 2. The van der Waals surface area contributed by atoms with Crippen molar-refractivity contribution in [2.45, 2.75) is 57.7 Å². The van der Waals surface area contributed by atoms with Gasteiger partial charge in [-0.1, -0.05) is 54.6 Å². The number of alkyl carbamates (subject to hydrolysis) is 1. The van der Waals surface area contributed by atoms with Crippen LogP contribution in [0.15, 0.2) is 71.6 Å². The summed E-state index contributed by atoms with van der Waals surface area (Å²) in [4.78, 5) is 36.6. The first-order chi connectivity index (χ1) is 19.7. The molecule has 2 aromatic carbocycles. The summed E-state index contributed by atoms with van der Waals surface area (Å²) in [7, 11) is 0. The highest BCUT2D eigenvalue weighted by atomic mass is 32.1. The number of carbonyl (C=O) groups is 2. The van der Waals surface area contributed by atoms with Crippen LogP contribution in [0.2, 0.25) is 0 Å². The van der Waals surface area contributed by atoms with E-state index in [0.29, 0.717) is 18.1 Å². The molecular weight excluding hydrogens is 536 g/mol. The molecule has 0 spiro atoms. The van der Waals surface area contributed by atoms with E-state index in [4.69, 9.17) is 14.5 Å². The molecule has 2 aliphatic rings. The average Bonchev–Trinajstić information content (AvgIpc) is 3.45. The van der Waals surface area contributed by atoms with Gasteiger partial charge in [-0.2, -0.15) is 0 Å². The van der Waals surface area contributed by atoms with Crippen molar-refractivity contribution in [3.8, 4) is 28.3 Å². The number of amides is 2. The van der Waals surface area contributed by atoms with Crippen molar-refractivity contribution in [3.63, 3.8) is 0 Å². The molecule has 1 fully saturated rings. The number of nitrogens with one attached hydrogen (secondary N) is 1. The lowest BCUT2D eigenvalue weighted by Crippen LogP contribution is -2.52. The van der Waals surface area contributed by atoms with Crippen LogP contribution >= 0.6 is 11.3 Å². The highest BCUT2D eigenvalue weighted by Gasteiger charge is 2.41. The first-order valence-corrected chi connectivity index (χ1v) is 14.7. The molecule has 0 unspecified atom stereocenters. The fourth-order valence-corrected chi connectivity index (χ4v) is 5.85. The van der Waals surface area contributed by atoms with Crippen molar-refractivity contribution >= 4 is 29.0 Å². The topological polar surface area (TPSA) is 93.6 Å². The third-order valence-corrected chi connectivity index (χ3v) is 8.07. The van der Waals surface area contributed by atoms with Gasteiger partial charge in [0, 0.05) is 16.5 Å². The van der Waals surface area contributed by atoms with E-state index in [1.165, 1.54) is 11.3 Å². The molecule has 4 aromatic rings. The van der Waals surface area contributed by atoms with Gasteiger partial charge in [-0.15, -0.1) is 11.3 Å². The Hall–Kier alpha value is -4.24. The summed E-state index contributed by atoms with van der Waals surface area (Å²) in [6.45, 7) is 5.87. The molecule has 1 aliphatic carbocycles. The lowest BCUT2D eigenvalue weighted by atomic mass is 9.71. The van der Waals surface area contributed by atoms with Crippen molar-refractivity contribution in [2.75, 3.05) is 11.5 Å². The molecule has 1 saturated carbocycles. The van der Waals surface area contributed by atoms with E-state index in [1.54, 1.807) is 10.4 Å². The second kappa shape index (κ2) is 10.6. The van der Waals surface area contributed by atoms with Crippen LogP contribution in [-0.4, -0.2) is 34.2 Å². The van der Waals surface area contributed by atoms with Gasteiger partial charge in [0.05, 0.1) is 29.0 Å². The number of hydrogen-bond acceptors (Lipinski definition) is 7. The monoisotopic (exact) mass is 568 g/mol. The third-order valence-electron chi connectivity index (χ3n) is 7.44. The maximum Gasteiger partial charge on any atom is 0.408 e. The normalized spacial score (nSPS) is 15.9. The Labute approximate surface area is 243 Å². The van der Waals surface area contributed by atoms with E-state index in [2.05, 4.69) is 22.4 Å². The standard InChI is InChI=1S/C32H32N4O4S/c1-31(2,3)40-30(38)35-32(14-7-15-32)23-12-10-22(11-13-23)28-25(21-8-5-4-6-9-21)16-26-29(34-28)39-18-27(37)36(26)17-24-19-41-20-33-24/h4-6,8-13,16,19-20H,7,14-15,17-18H2,1-3H3,(H,35,38). The predicted molar refractivity (Wildman–Crippen MR) is 159 cm³/mol. The number of ether oxygens (including phenoxy) is 2. The number of pyridine rings is 1. The number of hydrogen-bond donors (Lipinski definition) is 1. The summed E-state index contributed by atoms with van der Waals surface area (Å²) in [5, 5.41) is 5.07. The van der Waals surface area contributed by atoms with Crippen LogP contribution < -0.4 is 15.0 Å². The van der Waals surface area contributed by atoms with Gasteiger partial charge in [-0.05, 0) is 57.2 Å². The molecule has 0 saturated heterocycles. The fourth-order valence-electron chi connectivity index (χ4n) is 5.30. The molecule has 6 rings (SSSR count). The summed E-state index contributed by atoms with van der Waals surface area (Å²) < 4.78 is 11.4. The maximum atomic E-state index is 12.9. The van der Waals surface area contributed by atoms with Gasteiger partial charge in [0.25, 0.3) is 5.91 Å². The number of fused-ring (bicyclic) bond motifs is 1. The summed E-state index contributed by atoms with van der Waals surface area (Å²) in [5.41, 5.74) is 6.79. The molecule has 1 N–H and O–H groups in total. The lowest BCUT2D eigenvalue weighted by Gasteiger charge is -2.43. The molecule has 3 heterocycles. The zero-order chi connectivity index (χ0) is 28.6. The molecule has 2 aromatic heterocycles. The van der Waals surface area contributed by atoms with Crippen LogP contribution in [0.25, 0.3) is 22.4 Å². The first-order valence-electron chi connectivity index (χ1n) is 13.7. The zero-order valence-corrected chi connectivity index (χ0v) is 24.2. The van der Waals surface area contributed by atoms with E-state index in [1.807, 2.05) is 74.7 Å². The molecule has 9 heteroatoms. The molecule has 41 heavy (non-hydrogen) atoms. The lowest BCUT2D eigenvalue weighted by molar-refractivity contribution is -0.121. The Balaban J connectivity index is 1.37. The molecular formula is C32H32N4O4S. The maximum absolute atomic E-state index is 12.9. The Kier molecular flexibility index (Phi) is 6.99. The van der Waals surface area contributed by atoms with E-state index in [-0.39, 0.29) is 12.5 Å². The fraction of sp³-hybridized carbons (Fsp3) is 0.312. The van der Waals surface area contributed by atoms with Crippen LogP contribution in [-0.2, 0) is 21.6 Å². The zero-order valence-electron chi connectivity index (χ0n) is 23.3. The van der Waals surface area contributed by atoms with Crippen LogP contribution in [0, 0.1) is 0 Å². The smallest absolute Gasteiger partial charge is 0.408 e. The number of anilines is 1. The van der Waals surface area contributed by atoms with Crippen molar-refractivity contribution in [3.05, 3.63) is 82.8 Å². The Morgan fingerprint density at radius 2 is 1.85 bits per heavy atom. The number of carbonyl (C=O) groups excluding carboxylic acids is 2. The molecule has 0 radical (unpaired) electrons. The quantitative estimate of drug-likeness (QED) is 0.278. The molecule has 0 bridgehead atoms. The van der Waals surface area contributed by atoms with Crippen molar-refractivity contribution in [1.29, 1.82) is 0 Å². The van der Waals surface area contributed by atoms with E-state index >= 15 is 0 Å². The minimum atomic E-state index is -0.562. The van der Waals surface area contributed by atoms with Crippen LogP contribution in [0.3, 0.4) is 0 Å². The van der Waals surface area contributed by atoms with Gasteiger partial charge in [-0.3, -0.25) is 9.69 Å². The summed E-state index contributed by atoms with van der Waals surface area (Å²) >= 11 is 1.50. The average molecular weight is 569 g/mol. The molecule has 0 atom stereocenters. The SMILES string of the molecule is CC(C)(C)OC(=O)NC1(c2ccc(-c3nc4c(cc3-c3ccccc3)N(Cc3cscn3)C(=O)CO4)cc2)CCC1. The minimum Gasteiger partial charge on any atom is -0.466 e. The van der Waals surface area contributed by atoms with E-state index in [9.17, 15) is 9.59 Å². The Morgan fingerprint density at radius 3 is 2.49 bits per heavy atom. The highest BCUT2D eigenvalue weighted by Crippen LogP contribution is 2.44. The Morgan fingerprint density at radius 1 is 1.10 bits per heavy atom. The third kappa shape index (κ3) is 5.54. The summed E-state index contributed by atoms with van der Waals surface area (Å²) in [6, 6.07) is 20.2. The molecule has 2 amide bonds. The Bertz CT molecular complexity index is 1560. The molecule has 1 aliphatic heterocycles. The second-order valence-electron chi connectivity index (χ2n) is 11.5. The number of benzene rings is 2. The van der Waals surface area contributed by atoms with Gasteiger partial charge in [0.1, 0.15) is 11.3 Å². The molecule has 8 nitrogen and oxygen atoms in total. The van der Waals surface area contributed by atoms with Crippen molar-refractivity contribution in [1.82, 2.24) is 15.3 Å². The second-order valence-corrected chi connectivity index (χ2v) is 12.2. The van der Waals surface area contributed by atoms with Gasteiger partial charge >= 0.3 is 6.09 Å². The molecule has 210 valence electrons.